The zero-order valence-corrected chi connectivity index (χ0v) is 35.0. The number of aromatic nitrogens is 2. The molecule has 0 aliphatic heterocycles. The number of amides is 2. The number of rotatable bonds is 8. The Morgan fingerprint density at radius 3 is 1.56 bits per heavy atom. The second-order valence-electron chi connectivity index (χ2n) is 16.9. The fourth-order valence-corrected chi connectivity index (χ4v) is 7.64. The van der Waals surface area contributed by atoms with Gasteiger partial charge in [-0.15, -0.1) is 0 Å². The number of hydrogen-bond donors (Lipinski definition) is 3. The fraction of sp³-hybridized carbons (Fsp3) is 0.340. The Morgan fingerprint density at radius 2 is 1.10 bits per heavy atom. The number of carbonyl (C=O) groups is 3. The monoisotopic (exact) mass is 876 g/mol. The van der Waals surface area contributed by atoms with Crippen LogP contribution in [0.25, 0.3) is 21.8 Å². The molecule has 2 aliphatic carbocycles. The van der Waals surface area contributed by atoms with Crippen LogP contribution in [0.3, 0.4) is 0 Å². The van der Waals surface area contributed by atoms with Crippen molar-refractivity contribution in [3.8, 4) is 11.5 Å². The van der Waals surface area contributed by atoms with Crippen molar-refractivity contribution in [2.45, 2.75) is 102 Å². The molecule has 2 amide bonds. The van der Waals surface area contributed by atoms with Crippen LogP contribution in [0.4, 0.5) is 42.5 Å². The van der Waals surface area contributed by atoms with Gasteiger partial charge in [0.05, 0.1) is 40.2 Å². The Hall–Kier alpha value is -6.45. The Labute approximate surface area is 358 Å². The topological polar surface area (TPSA) is 124 Å². The van der Waals surface area contributed by atoms with Gasteiger partial charge in [0.25, 0.3) is 0 Å². The van der Waals surface area contributed by atoms with Crippen molar-refractivity contribution < 1.29 is 54.9 Å². The summed E-state index contributed by atoms with van der Waals surface area (Å²) in [5, 5.41) is 7.00. The first-order chi connectivity index (χ1) is 29.6. The fourth-order valence-electron chi connectivity index (χ4n) is 7.64. The smallest absolute Gasteiger partial charge is 0.419 e. The summed E-state index contributed by atoms with van der Waals surface area (Å²) >= 11 is 0. The molecule has 2 aliphatic rings. The molecule has 0 spiro atoms. The molecular formula is C47H46F6N4O6. The maximum Gasteiger partial charge on any atom is 0.419 e. The maximum atomic E-state index is 12.8. The van der Waals surface area contributed by atoms with Gasteiger partial charge in [-0.25, -0.2) is 4.79 Å². The van der Waals surface area contributed by atoms with Crippen LogP contribution in [0.5, 0.6) is 11.5 Å². The molecule has 2 fully saturated rings. The molecule has 2 heterocycles. The maximum absolute atomic E-state index is 12.8. The van der Waals surface area contributed by atoms with E-state index in [1.54, 1.807) is 57.3 Å². The number of alkyl halides is 6. The Balaban J connectivity index is 0.000000193. The minimum absolute atomic E-state index is 0.0212. The van der Waals surface area contributed by atoms with Gasteiger partial charge in [-0.1, -0.05) is 24.3 Å². The molecule has 4 aromatic carbocycles. The van der Waals surface area contributed by atoms with Crippen LogP contribution >= 0.6 is 0 Å². The van der Waals surface area contributed by atoms with Crippen LogP contribution in [0.2, 0.25) is 0 Å². The highest BCUT2D eigenvalue weighted by molar-refractivity contribution is 6.04. The van der Waals surface area contributed by atoms with Gasteiger partial charge in [0.1, 0.15) is 17.1 Å². The van der Waals surface area contributed by atoms with E-state index < -0.39 is 35.2 Å². The van der Waals surface area contributed by atoms with Gasteiger partial charge < -0.3 is 29.8 Å². The number of ether oxygens (including phenoxy) is 3. The summed E-state index contributed by atoms with van der Waals surface area (Å²) in [4.78, 5) is 38.8. The normalized spacial score (nSPS) is 18.7. The third-order valence-corrected chi connectivity index (χ3v) is 10.9. The highest BCUT2D eigenvalue weighted by atomic mass is 19.4. The molecule has 2 aromatic heterocycles. The molecule has 3 N–H and O–H groups in total. The van der Waals surface area contributed by atoms with Crippen LogP contribution in [-0.2, 0) is 26.7 Å². The molecule has 0 bridgehead atoms. The molecule has 0 unspecified atom stereocenters. The van der Waals surface area contributed by atoms with Crippen LogP contribution in [0.15, 0.2) is 97.3 Å². The zero-order valence-electron chi connectivity index (χ0n) is 35.0. The highest BCUT2D eigenvalue weighted by Crippen LogP contribution is 2.43. The number of fused-ring (bicyclic) bond motifs is 2. The molecule has 63 heavy (non-hydrogen) atoms. The number of carbonyl (C=O) groups excluding carboxylic acids is 3. The molecule has 2 saturated carbocycles. The Bertz CT molecular complexity index is 2610. The quantitative estimate of drug-likeness (QED) is 0.131. The van der Waals surface area contributed by atoms with E-state index in [1.165, 1.54) is 36.7 Å². The number of H-pyrrole nitrogens is 1. The van der Waals surface area contributed by atoms with Crippen molar-refractivity contribution in [2.75, 3.05) is 10.6 Å². The zero-order chi connectivity index (χ0) is 45.4. The summed E-state index contributed by atoms with van der Waals surface area (Å²) in [6.45, 7) is 8.15. The predicted octanol–water partition coefficient (Wildman–Crippen LogP) is 12.2. The lowest BCUT2D eigenvalue weighted by Gasteiger charge is -2.35. The van der Waals surface area contributed by atoms with Crippen molar-refractivity contribution >= 4 is 51.1 Å². The minimum atomic E-state index is -4.35. The number of benzene rings is 4. The second-order valence-corrected chi connectivity index (χ2v) is 16.9. The van der Waals surface area contributed by atoms with Gasteiger partial charge >= 0.3 is 18.4 Å². The average molecular weight is 877 g/mol. The largest absolute Gasteiger partial charge is 0.490 e. The molecule has 16 heteroatoms. The number of nitrogens with zero attached hydrogens (tertiary/aromatic N) is 1. The lowest BCUT2D eigenvalue weighted by molar-refractivity contribution is -0.138. The van der Waals surface area contributed by atoms with Crippen molar-refractivity contribution in [1.82, 2.24) is 9.55 Å². The van der Waals surface area contributed by atoms with Gasteiger partial charge in [0, 0.05) is 42.5 Å². The Kier molecular flexibility index (Phi) is 12.3. The molecular weight excluding hydrogens is 831 g/mol. The number of nitrogens with one attached hydrogen (secondary N) is 3. The highest BCUT2D eigenvalue weighted by Gasteiger charge is 2.36. The SMILES string of the molecule is CC(=O)Nc1c[nH]c2ccc(OC3CC(c4ccc(C(F)(F)F)cc4)C3)cc12.CC(=O)Nc1cn(C(=O)OC(C)(C)C)c2ccc(OC3CC(c4ccc(C(F)(F)F)cc4)C3)cc12. The van der Waals surface area contributed by atoms with Gasteiger partial charge in [-0.2, -0.15) is 26.3 Å². The van der Waals surface area contributed by atoms with Crippen molar-refractivity contribution in [3.63, 3.8) is 0 Å². The summed E-state index contributed by atoms with van der Waals surface area (Å²) in [5.74, 6) is 1.19. The summed E-state index contributed by atoms with van der Waals surface area (Å²) in [6.07, 6.45) is -3.15. The van der Waals surface area contributed by atoms with Crippen molar-refractivity contribution in [2.24, 2.45) is 0 Å². The molecule has 8 rings (SSSR count). The second kappa shape index (κ2) is 17.4. The van der Waals surface area contributed by atoms with E-state index in [0.29, 0.717) is 46.6 Å². The number of aromatic amines is 1. The van der Waals surface area contributed by atoms with Gasteiger partial charge in [0.2, 0.25) is 11.8 Å². The van der Waals surface area contributed by atoms with Crippen LogP contribution in [0.1, 0.15) is 94.4 Å². The van der Waals surface area contributed by atoms with E-state index in [-0.39, 0.29) is 35.9 Å². The number of hydrogen-bond acceptors (Lipinski definition) is 6. The van der Waals surface area contributed by atoms with Crippen LogP contribution in [0, 0.1) is 0 Å². The van der Waals surface area contributed by atoms with Crippen LogP contribution in [-0.4, -0.2) is 45.3 Å². The first-order valence-electron chi connectivity index (χ1n) is 20.3. The van der Waals surface area contributed by atoms with Gasteiger partial charge in [-0.3, -0.25) is 14.2 Å². The van der Waals surface area contributed by atoms with E-state index >= 15 is 0 Å². The third kappa shape index (κ3) is 10.8. The molecule has 332 valence electrons. The summed E-state index contributed by atoms with van der Waals surface area (Å²) in [7, 11) is 0. The first kappa shape index (κ1) is 44.6. The van der Waals surface area contributed by atoms with Crippen LogP contribution < -0.4 is 20.1 Å². The Morgan fingerprint density at radius 1 is 0.635 bits per heavy atom. The van der Waals surface area contributed by atoms with Gasteiger partial charge in [-0.05, 0) is 130 Å². The van der Waals surface area contributed by atoms with E-state index in [4.69, 9.17) is 14.2 Å². The molecule has 6 aromatic rings. The predicted molar refractivity (Wildman–Crippen MR) is 226 cm³/mol. The average Bonchev–Trinajstić information content (AvgIpc) is 3.73. The molecule has 0 atom stereocenters. The third-order valence-electron chi connectivity index (χ3n) is 10.9. The van der Waals surface area contributed by atoms with Gasteiger partial charge in [0.15, 0.2) is 0 Å². The molecule has 0 radical (unpaired) electrons. The number of anilines is 2. The van der Waals surface area contributed by atoms with Crippen molar-refractivity contribution in [1.29, 1.82) is 0 Å². The lowest BCUT2D eigenvalue weighted by atomic mass is 9.77. The minimum Gasteiger partial charge on any atom is -0.490 e. The lowest BCUT2D eigenvalue weighted by Crippen LogP contribution is -2.32. The van der Waals surface area contributed by atoms with Crippen molar-refractivity contribution in [3.05, 3.63) is 120 Å². The van der Waals surface area contributed by atoms with E-state index in [1.807, 2.05) is 18.2 Å². The van der Waals surface area contributed by atoms with E-state index in [0.717, 1.165) is 59.1 Å². The van der Waals surface area contributed by atoms with E-state index in [2.05, 4.69) is 15.6 Å². The molecule has 10 nitrogen and oxygen atoms in total. The standard InChI is InChI=1S/C26H27F3N2O4.C21H19F3N2O2/c1-15(32)30-22-14-31(24(33)35-25(2,3)4)23-10-9-19(13-21(22)23)34-20-11-17(12-20)16-5-7-18(8-6-16)26(27,28)29;1-12(27)26-20-11-25-19-7-6-16(10-18(19)20)28-17-8-14(9-17)13-2-4-15(5-3-13)21(22,23)24/h5-10,13-14,17,20H,11-12H2,1-4H3,(H,30,32);2-7,10-11,14,17,25H,8-9H2,1H3,(H,26,27). The summed E-state index contributed by atoms with van der Waals surface area (Å²) < 4.78 is 95.2. The summed E-state index contributed by atoms with van der Waals surface area (Å²) in [6, 6.07) is 21.5. The molecule has 0 saturated heterocycles. The van der Waals surface area contributed by atoms with E-state index in [9.17, 15) is 40.7 Å². The summed E-state index contributed by atoms with van der Waals surface area (Å²) in [5.41, 5.74) is 2.41. The number of halogens is 6. The first-order valence-corrected chi connectivity index (χ1v) is 20.3.